The van der Waals surface area contributed by atoms with Gasteiger partial charge in [-0.15, -0.1) is 0 Å². The first-order valence-corrected chi connectivity index (χ1v) is 12.2. The predicted molar refractivity (Wildman–Crippen MR) is 140 cm³/mol. The summed E-state index contributed by atoms with van der Waals surface area (Å²) in [5.74, 6) is 0.647. The van der Waals surface area contributed by atoms with Crippen LogP contribution in [0.5, 0.6) is 5.88 Å². The van der Waals surface area contributed by atoms with Crippen molar-refractivity contribution in [1.29, 1.82) is 0 Å². The lowest BCUT2D eigenvalue weighted by Gasteiger charge is -2.16. The molecule has 3 aromatic heterocycles. The van der Waals surface area contributed by atoms with Crippen LogP contribution in [0.15, 0.2) is 53.5 Å². The van der Waals surface area contributed by atoms with Crippen LogP contribution >= 0.6 is 15.9 Å². The predicted octanol–water partition coefficient (Wildman–Crippen LogP) is 4.77. The van der Waals surface area contributed by atoms with E-state index in [1.54, 1.807) is 39.9 Å². The zero-order chi connectivity index (χ0) is 24.9. The highest BCUT2D eigenvalue weighted by atomic mass is 79.9. The van der Waals surface area contributed by atoms with Crippen LogP contribution < -0.4 is 15.8 Å². The zero-order valence-electron chi connectivity index (χ0n) is 20.0. The van der Waals surface area contributed by atoms with E-state index in [1.165, 1.54) is 7.11 Å². The Morgan fingerprint density at radius 1 is 1.29 bits per heavy atom. The third kappa shape index (κ3) is 5.59. The number of aryl methyl sites for hydroxylation is 1. The van der Waals surface area contributed by atoms with Gasteiger partial charge in [0, 0.05) is 42.2 Å². The standard InChI is InChI=1S/C25H29BrN6O3/c1-16(13-29-22-12-18(26)6-7-21(22)27)5-4-10-35-24-20(14-30-31(24)2)19-11-17(25(33)34-3)15-32-9-8-28-23(19)32/h6-9,11-12,14-16,29H,4-5,10,13,27H2,1-3H3/t16-/m1/s1. The van der Waals surface area contributed by atoms with E-state index in [0.29, 0.717) is 29.6 Å². The van der Waals surface area contributed by atoms with Crippen molar-refractivity contribution in [3.63, 3.8) is 0 Å². The summed E-state index contributed by atoms with van der Waals surface area (Å²) in [5.41, 5.74) is 10.4. The molecule has 3 N–H and O–H groups in total. The van der Waals surface area contributed by atoms with Crippen LogP contribution in [-0.2, 0) is 11.8 Å². The van der Waals surface area contributed by atoms with Crippen LogP contribution in [-0.4, -0.2) is 45.4 Å². The minimum Gasteiger partial charge on any atom is -0.477 e. The Balaban J connectivity index is 1.40. The average molecular weight is 541 g/mol. The maximum Gasteiger partial charge on any atom is 0.339 e. The number of pyridine rings is 1. The van der Waals surface area contributed by atoms with Crippen LogP contribution in [0.1, 0.15) is 30.1 Å². The molecule has 4 aromatic rings. The fourth-order valence-electron chi connectivity index (χ4n) is 3.91. The molecule has 0 bridgehead atoms. The number of hydrogen-bond donors (Lipinski definition) is 2. The first kappa shape index (κ1) is 24.6. The summed E-state index contributed by atoms with van der Waals surface area (Å²) < 4.78 is 15.6. The number of carbonyl (C=O) groups is 1. The normalized spacial score (nSPS) is 12.0. The highest BCUT2D eigenvalue weighted by Crippen LogP contribution is 2.33. The number of nitrogens with zero attached hydrogens (tertiary/aromatic N) is 4. The SMILES string of the molecule is COC(=O)c1cc(-c2cnn(C)c2OCCC[C@@H](C)CNc2cc(Br)ccc2N)c2nccn2c1. The number of nitrogen functional groups attached to an aromatic ring is 1. The van der Waals surface area contributed by atoms with Crippen LogP contribution in [0.4, 0.5) is 11.4 Å². The monoisotopic (exact) mass is 540 g/mol. The van der Waals surface area contributed by atoms with E-state index in [2.05, 4.69) is 38.3 Å². The molecule has 0 fully saturated rings. The van der Waals surface area contributed by atoms with E-state index in [1.807, 2.05) is 25.2 Å². The van der Waals surface area contributed by atoms with Gasteiger partial charge < -0.3 is 24.9 Å². The summed E-state index contributed by atoms with van der Waals surface area (Å²) in [5, 5.41) is 7.81. The van der Waals surface area contributed by atoms with Crippen molar-refractivity contribution in [2.24, 2.45) is 13.0 Å². The molecule has 4 rings (SSSR count). The van der Waals surface area contributed by atoms with Crippen molar-refractivity contribution in [2.45, 2.75) is 19.8 Å². The van der Waals surface area contributed by atoms with Crippen LogP contribution in [0.25, 0.3) is 16.8 Å². The number of rotatable bonds is 10. The average Bonchev–Trinajstić information content (AvgIpc) is 3.47. The third-order valence-corrected chi connectivity index (χ3v) is 6.31. The molecule has 0 aliphatic heterocycles. The summed E-state index contributed by atoms with van der Waals surface area (Å²) in [6.07, 6.45) is 8.77. The molecule has 35 heavy (non-hydrogen) atoms. The van der Waals surface area contributed by atoms with Gasteiger partial charge in [0.2, 0.25) is 5.88 Å². The molecule has 1 aromatic carbocycles. The van der Waals surface area contributed by atoms with Crippen molar-refractivity contribution < 1.29 is 14.3 Å². The van der Waals surface area contributed by atoms with Gasteiger partial charge in [0.25, 0.3) is 0 Å². The number of fused-ring (bicyclic) bond motifs is 1. The quantitative estimate of drug-likeness (QED) is 0.169. The number of esters is 1. The smallest absolute Gasteiger partial charge is 0.339 e. The number of nitrogens with one attached hydrogen (secondary N) is 1. The molecule has 0 amide bonds. The third-order valence-electron chi connectivity index (χ3n) is 5.82. The molecule has 3 heterocycles. The lowest BCUT2D eigenvalue weighted by atomic mass is 10.1. The molecule has 0 aliphatic carbocycles. The molecule has 0 saturated carbocycles. The number of methoxy groups -OCH3 is 1. The number of aromatic nitrogens is 4. The van der Waals surface area contributed by atoms with Crippen LogP contribution in [0, 0.1) is 5.92 Å². The molecule has 184 valence electrons. The first-order valence-electron chi connectivity index (χ1n) is 11.4. The van der Waals surface area contributed by atoms with Gasteiger partial charge in [-0.1, -0.05) is 22.9 Å². The number of anilines is 2. The van der Waals surface area contributed by atoms with Crippen molar-refractivity contribution in [2.75, 3.05) is 31.3 Å². The lowest BCUT2D eigenvalue weighted by molar-refractivity contribution is 0.0600. The summed E-state index contributed by atoms with van der Waals surface area (Å²) in [6.45, 7) is 3.55. The summed E-state index contributed by atoms with van der Waals surface area (Å²) in [4.78, 5) is 16.6. The Kier molecular flexibility index (Phi) is 7.60. The van der Waals surface area contributed by atoms with Gasteiger partial charge >= 0.3 is 5.97 Å². The second kappa shape index (κ2) is 10.8. The molecular formula is C25H29BrN6O3. The Morgan fingerprint density at radius 3 is 2.91 bits per heavy atom. The van der Waals surface area contributed by atoms with E-state index in [-0.39, 0.29) is 0 Å². The van der Waals surface area contributed by atoms with Crippen molar-refractivity contribution in [1.82, 2.24) is 19.2 Å². The van der Waals surface area contributed by atoms with E-state index >= 15 is 0 Å². The Morgan fingerprint density at radius 2 is 2.11 bits per heavy atom. The van der Waals surface area contributed by atoms with Crippen LogP contribution in [0.3, 0.4) is 0 Å². The van der Waals surface area contributed by atoms with Gasteiger partial charge in [-0.3, -0.25) is 0 Å². The minimum absolute atomic E-state index is 0.416. The zero-order valence-corrected chi connectivity index (χ0v) is 21.6. The fourth-order valence-corrected chi connectivity index (χ4v) is 4.27. The van der Waals surface area contributed by atoms with E-state index < -0.39 is 5.97 Å². The highest BCUT2D eigenvalue weighted by molar-refractivity contribution is 9.10. The van der Waals surface area contributed by atoms with Gasteiger partial charge in [-0.25, -0.2) is 14.5 Å². The molecular weight excluding hydrogens is 512 g/mol. The Hall–Kier alpha value is -3.53. The second-order valence-corrected chi connectivity index (χ2v) is 9.40. The molecule has 9 nitrogen and oxygen atoms in total. The molecule has 0 unspecified atom stereocenters. The van der Waals surface area contributed by atoms with Crippen molar-refractivity contribution >= 4 is 38.9 Å². The number of imidazole rings is 1. The molecule has 0 saturated heterocycles. The first-order chi connectivity index (χ1) is 16.9. The number of halogens is 1. The molecule has 1 atom stereocenters. The van der Waals surface area contributed by atoms with Gasteiger partial charge in [0.15, 0.2) is 0 Å². The molecule has 10 heteroatoms. The fraction of sp³-hybridized carbons (Fsp3) is 0.320. The topological polar surface area (TPSA) is 109 Å². The maximum absolute atomic E-state index is 12.2. The maximum atomic E-state index is 12.2. The van der Waals surface area contributed by atoms with E-state index in [4.69, 9.17) is 15.2 Å². The number of hydrogen-bond acceptors (Lipinski definition) is 7. The van der Waals surface area contributed by atoms with E-state index in [9.17, 15) is 4.79 Å². The number of carbonyl (C=O) groups excluding carboxylic acids is 1. The Bertz CT molecular complexity index is 1330. The van der Waals surface area contributed by atoms with E-state index in [0.717, 1.165) is 46.4 Å². The van der Waals surface area contributed by atoms with Gasteiger partial charge in [-0.2, -0.15) is 5.10 Å². The summed E-state index contributed by atoms with van der Waals surface area (Å²) in [6, 6.07) is 7.56. The number of ether oxygens (including phenoxy) is 2. The highest BCUT2D eigenvalue weighted by Gasteiger charge is 2.19. The molecule has 0 radical (unpaired) electrons. The van der Waals surface area contributed by atoms with Gasteiger partial charge in [0.05, 0.1) is 42.4 Å². The van der Waals surface area contributed by atoms with Gasteiger partial charge in [-0.05, 0) is 43.0 Å². The second-order valence-electron chi connectivity index (χ2n) is 8.49. The van der Waals surface area contributed by atoms with Crippen LogP contribution in [0.2, 0.25) is 0 Å². The van der Waals surface area contributed by atoms with Crippen molar-refractivity contribution in [3.05, 3.63) is 59.1 Å². The number of nitrogens with two attached hydrogens (primary N) is 1. The number of benzene rings is 1. The Labute approximate surface area is 212 Å². The minimum atomic E-state index is -0.416. The lowest BCUT2D eigenvalue weighted by Crippen LogP contribution is -2.14. The molecule has 0 aliphatic rings. The summed E-state index contributed by atoms with van der Waals surface area (Å²) >= 11 is 3.48. The van der Waals surface area contributed by atoms with Gasteiger partial charge in [0.1, 0.15) is 5.65 Å². The molecule has 0 spiro atoms. The summed E-state index contributed by atoms with van der Waals surface area (Å²) in [7, 11) is 3.20. The largest absolute Gasteiger partial charge is 0.477 e. The van der Waals surface area contributed by atoms with Crippen molar-refractivity contribution in [3.8, 4) is 17.0 Å².